The van der Waals surface area contributed by atoms with Gasteiger partial charge >= 0.3 is 0 Å². The molecule has 1 atom stereocenters. The summed E-state index contributed by atoms with van der Waals surface area (Å²) in [6.45, 7) is 3.19. The summed E-state index contributed by atoms with van der Waals surface area (Å²) in [7, 11) is 0. The van der Waals surface area contributed by atoms with Gasteiger partial charge < -0.3 is 15.0 Å². The van der Waals surface area contributed by atoms with E-state index in [1.165, 1.54) is 0 Å². The number of amides is 2. The van der Waals surface area contributed by atoms with Crippen LogP contribution in [0.5, 0.6) is 5.75 Å². The van der Waals surface area contributed by atoms with Crippen molar-refractivity contribution in [3.8, 4) is 5.75 Å². The molecule has 1 aliphatic rings. The molecular formula is C23H27ClN2O3. The number of ether oxygens (including phenoxy) is 1. The Balaban J connectivity index is 1.40. The lowest BCUT2D eigenvalue weighted by molar-refractivity contribution is -0.137. The summed E-state index contributed by atoms with van der Waals surface area (Å²) in [4.78, 5) is 26.7. The van der Waals surface area contributed by atoms with Gasteiger partial charge in [0.2, 0.25) is 5.91 Å². The number of hydrogen-bond acceptors (Lipinski definition) is 3. The number of rotatable bonds is 7. The molecule has 2 amide bonds. The minimum atomic E-state index is -0.0593. The average Bonchev–Trinajstić information content (AvgIpc) is 2.72. The number of benzene rings is 2. The Morgan fingerprint density at radius 1 is 1.14 bits per heavy atom. The number of hydrogen-bond donors (Lipinski definition) is 1. The second-order valence-electron chi connectivity index (χ2n) is 7.50. The minimum absolute atomic E-state index is 0.0253. The van der Waals surface area contributed by atoms with Gasteiger partial charge in [-0.3, -0.25) is 9.59 Å². The quantitative estimate of drug-likeness (QED) is 0.751. The molecule has 2 aromatic carbocycles. The van der Waals surface area contributed by atoms with Gasteiger partial charge in [-0.1, -0.05) is 41.9 Å². The number of halogens is 1. The van der Waals surface area contributed by atoms with Crippen LogP contribution in [0.1, 0.15) is 25.3 Å². The van der Waals surface area contributed by atoms with E-state index in [1.807, 2.05) is 61.5 Å². The highest BCUT2D eigenvalue weighted by Gasteiger charge is 2.28. The van der Waals surface area contributed by atoms with Crippen LogP contribution in [-0.2, 0) is 16.0 Å². The second kappa shape index (κ2) is 10.3. The normalized spacial score (nSPS) is 15.6. The lowest BCUT2D eigenvalue weighted by Crippen LogP contribution is -2.46. The van der Waals surface area contributed by atoms with Crippen LogP contribution in [0.4, 0.5) is 0 Å². The molecule has 1 saturated heterocycles. The van der Waals surface area contributed by atoms with Gasteiger partial charge in [0.15, 0.2) is 6.61 Å². The third kappa shape index (κ3) is 6.50. The molecule has 3 rings (SSSR count). The molecule has 1 heterocycles. The highest BCUT2D eigenvalue weighted by Crippen LogP contribution is 2.19. The maximum Gasteiger partial charge on any atom is 0.260 e. The fourth-order valence-corrected chi connectivity index (χ4v) is 3.79. The Kier molecular flexibility index (Phi) is 7.53. The number of carbonyl (C=O) groups excluding carboxylic acids is 2. The van der Waals surface area contributed by atoms with Crippen molar-refractivity contribution in [3.05, 3.63) is 65.2 Å². The summed E-state index contributed by atoms with van der Waals surface area (Å²) in [6, 6.07) is 17.0. The predicted molar refractivity (Wildman–Crippen MR) is 114 cm³/mol. The van der Waals surface area contributed by atoms with Crippen LogP contribution in [0, 0.1) is 5.92 Å². The van der Waals surface area contributed by atoms with Crippen LogP contribution in [0.3, 0.4) is 0 Å². The first-order chi connectivity index (χ1) is 14.0. The Morgan fingerprint density at radius 2 is 1.86 bits per heavy atom. The molecule has 1 fully saturated rings. The molecule has 0 bridgehead atoms. The van der Waals surface area contributed by atoms with Crippen molar-refractivity contribution >= 4 is 23.4 Å². The van der Waals surface area contributed by atoms with Crippen molar-refractivity contribution in [1.82, 2.24) is 10.2 Å². The molecule has 1 aliphatic heterocycles. The summed E-state index contributed by atoms with van der Waals surface area (Å²) in [5, 5.41) is 3.80. The van der Waals surface area contributed by atoms with Crippen molar-refractivity contribution in [1.29, 1.82) is 0 Å². The molecule has 2 aromatic rings. The third-order valence-electron chi connectivity index (χ3n) is 5.14. The molecule has 0 spiro atoms. The van der Waals surface area contributed by atoms with Gasteiger partial charge in [-0.05, 0) is 56.0 Å². The van der Waals surface area contributed by atoms with E-state index < -0.39 is 0 Å². The molecular weight excluding hydrogens is 388 g/mol. The lowest BCUT2D eigenvalue weighted by Gasteiger charge is -2.32. The second-order valence-corrected chi connectivity index (χ2v) is 7.94. The van der Waals surface area contributed by atoms with Gasteiger partial charge in [-0.15, -0.1) is 0 Å². The van der Waals surface area contributed by atoms with Crippen molar-refractivity contribution in [2.24, 2.45) is 5.92 Å². The van der Waals surface area contributed by atoms with Crippen LogP contribution in [0.2, 0.25) is 5.02 Å². The standard InChI is InChI=1S/C23H27ClN2O3/c1-17(14-18-6-5-7-20(24)15-18)25-23(28)19-10-12-26(13-11-19)22(27)16-29-21-8-3-2-4-9-21/h2-9,15,17,19H,10-14,16H2,1H3,(H,25,28). The van der Waals surface area contributed by atoms with Crippen molar-refractivity contribution in [2.45, 2.75) is 32.2 Å². The Bertz CT molecular complexity index is 820. The van der Waals surface area contributed by atoms with Crippen LogP contribution < -0.4 is 10.1 Å². The van der Waals surface area contributed by atoms with Gasteiger partial charge in [-0.25, -0.2) is 0 Å². The molecule has 0 aromatic heterocycles. The number of nitrogens with one attached hydrogen (secondary N) is 1. The van der Waals surface area contributed by atoms with Crippen LogP contribution in [0.15, 0.2) is 54.6 Å². The predicted octanol–water partition coefficient (Wildman–Crippen LogP) is 3.70. The fourth-order valence-electron chi connectivity index (χ4n) is 3.57. The van der Waals surface area contributed by atoms with Crippen molar-refractivity contribution in [2.75, 3.05) is 19.7 Å². The van der Waals surface area contributed by atoms with Crippen LogP contribution in [-0.4, -0.2) is 42.5 Å². The number of likely N-dealkylation sites (tertiary alicyclic amines) is 1. The van der Waals surface area contributed by atoms with Gasteiger partial charge in [0.05, 0.1) is 0 Å². The molecule has 1 N–H and O–H groups in total. The topological polar surface area (TPSA) is 58.6 Å². The zero-order chi connectivity index (χ0) is 20.6. The molecule has 0 radical (unpaired) electrons. The van der Waals surface area contributed by atoms with E-state index in [4.69, 9.17) is 16.3 Å². The molecule has 29 heavy (non-hydrogen) atoms. The monoisotopic (exact) mass is 414 g/mol. The SMILES string of the molecule is CC(Cc1cccc(Cl)c1)NC(=O)C1CCN(C(=O)COc2ccccc2)CC1. The van der Waals surface area contributed by atoms with Crippen molar-refractivity contribution in [3.63, 3.8) is 0 Å². The zero-order valence-corrected chi connectivity index (χ0v) is 17.4. The average molecular weight is 415 g/mol. The molecule has 0 saturated carbocycles. The van der Waals surface area contributed by atoms with Crippen molar-refractivity contribution < 1.29 is 14.3 Å². The first-order valence-corrected chi connectivity index (χ1v) is 10.4. The van der Waals surface area contributed by atoms with E-state index in [1.54, 1.807) is 4.90 Å². The molecule has 154 valence electrons. The van der Waals surface area contributed by atoms with E-state index in [2.05, 4.69) is 5.32 Å². The Labute approximate surface area is 177 Å². The highest BCUT2D eigenvalue weighted by atomic mass is 35.5. The summed E-state index contributed by atoms with van der Waals surface area (Å²) in [6.07, 6.45) is 2.08. The van der Waals surface area contributed by atoms with Gasteiger partial charge in [0.1, 0.15) is 5.75 Å². The van der Waals surface area contributed by atoms with Gasteiger partial charge in [-0.2, -0.15) is 0 Å². The molecule has 1 unspecified atom stereocenters. The minimum Gasteiger partial charge on any atom is -0.484 e. The summed E-state index contributed by atoms with van der Waals surface area (Å²) >= 11 is 6.02. The van der Waals surface area contributed by atoms with E-state index >= 15 is 0 Å². The summed E-state index contributed by atoms with van der Waals surface area (Å²) in [5.74, 6) is 0.647. The lowest BCUT2D eigenvalue weighted by atomic mass is 9.95. The van der Waals surface area contributed by atoms with Gasteiger partial charge in [0.25, 0.3) is 5.91 Å². The molecule has 6 heteroatoms. The van der Waals surface area contributed by atoms with Crippen LogP contribution in [0.25, 0.3) is 0 Å². The smallest absolute Gasteiger partial charge is 0.260 e. The maximum absolute atomic E-state index is 12.6. The fraction of sp³-hybridized carbons (Fsp3) is 0.391. The number of piperidine rings is 1. The Morgan fingerprint density at radius 3 is 2.55 bits per heavy atom. The number of carbonyl (C=O) groups is 2. The first kappa shape index (κ1) is 21.2. The van der Waals surface area contributed by atoms with E-state index in [0.29, 0.717) is 36.7 Å². The zero-order valence-electron chi connectivity index (χ0n) is 16.6. The summed E-state index contributed by atoms with van der Waals surface area (Å²) in [5.41, 5.74) is 1.10. The largest absolute Gasteiger partial charge is 0.484 e. The van der Waals surface area contributed by atoms with E-state index in [-0.39, 0.29) is 30.4 Å². The van der Waals surface area contributed by atoms with Crippen LogP contribution >= 0.6 is 11.6 Å². The van der Waals surface area contributed by atoms with Gasteiger partial charge in [0, 0.05) is 30.1 Å². The first-order valence-electron chi connectivity index (χ1n) is 10.0. The molecule has 0 aliphatic carbocycles. The summed E-state index contributed by atoms with van der Waals surface area (Å²) < 4.78 is 5.53. The highest BCUT2D eigenvalue weighted by molar-refractivity contribution is 6.30. The molecule has 5 nitrogen and oxygen atoms in total. The maximum atomic E-state index is 12.6. The number of para-hydroxylation sites is 1. The Hall–Kier alpha value is -2.53. The van der Waals surface area contributed by atoms with E-state index in [9.17, 15) is 9.59 Å². The number of nitrogens with zero attached hydrogens (tertiary/aromatic N) is 1. The third-order valence-corrected chi connectivity index (χ3v) is 5.38. The van der Waals surface area contributed by atoms with E-state index in [0.717, 1.165) is 12.0 Å².